The van der Waals surface area contributed by atoms with Crippen LogP contribution in [-0.4, -0.2) is 18.6 Å². The molecule has 5 heteroatoms. The lowest BCUT2D eigenvalue weighted by molar-refractivity contribution is 0.176. The van der Waals surface area contributed by atoms with Crippen molar-refractivity contribution in [1.29, 1.82) is 0 Å². The predicted octanol–water partition coefficient (Wildman–Crippen LogP) is 6.48. The lowest BCUT2D eigenvalue weighted by atomic mass is 10.1. The molecule has 0 spiro atoms. The highest BCUT2D eigenvalue weighted by Crippen LogP contribution is 2.17. The van der Waals surface area contributed by atoms with Crippen molar-refractivity contribution in [2.75, 3.05) is 17.8 Å². The summed E-state index contributed by atoms with van der Waals surface area (Å²) in [5.74, 6) is 5.36. The minimum atomic E-state index is -0.578. The number of anilines is 1. The molecule has 0 atom stereocenters. The van der Waals surface area contributed by atoms with Crippen molar-refractivity contribution in [2.45, 2.75) is 0 Å². The number of nitrogens with one attached hydrogen (secondary N) is 1. The zero-order chi connectivity index (χ0) is 20.0. The molecule has 3 rings (SSSR count). The first-order valence-electron chi connectivity index (χ1n) is 8.50. The molecule has 0 fully saturated rings. The Morgan fingerprint density at radius 3 is 2.00 bits per heavy atom. The number of hydrogen-bond donors (Lipinski definition) is 1. The molecule has 0 aliphatic heterocycles. The topological polar surface area (TPSA) is 38.3 Å². The fourth-order valence-electron chi connectivity index (χ4n) is 2.18. The van der Waals surface area contributed by atoms with Crippen LogP contribution in [-0.2, 0) is 4.74 Å². The number of hydrogen-bond acceptors (Lipinski definition) is 2. The second-order valence-corrected chi connectivity index (χ2v) is 6.13. The Morgan fingerprint density at radius 2 is 1.46 bits per heavy atom. The van der Waals surface area contributed by atoms with E-state index in [1.807, 2.05) is 12.1 Å². The van der Waals surface area contributed by atoms with E-state index in [1.165, 1.54) is 11.1 Å². The maximum absolute atomic E-state index is 11.2. The molecule has 1 amide bonds. The van der Waals surface area contributed by atoms with Crippen LogP contribution in [0.1, 0.15) is 0 Å². The first-order chi connectivity index (χ1) is 13.7. The molecule has 0 bridgehead atoms. The average Bonchev–Trinajstić information content (AvgIpc) is 2.73. The van der Waals surface area contributed by atoms with E-state index in [-0.39, 0.29) is 12.5 Å². The van der Waals surface area contributed by atoms with Crippen LogP contribution in [0.15, 0.2) is 84.9 Å². The summed E-state index contributed by atoms with van der Waals surface area (Å²) >= 11 is 11.1. The van der Waals surface area contributed by atoms with Crippen molar-refractivity contribution in [3.63, 3.8) is 0 Å². The minimum absolute atomic E-state index is 0.0130. The van der Waals surface area contributed by atoms with E-state index in [2.05, 4.69) is 65.7 Å². The molecule has 3 nitrogen and oxygen atoms in total. The van der Waals surface area contributed by atoms with Gasteiger partial charge in [0.2, 0.25) is 0 Å². The van der Waals surface area contributed by atoms with Gasteiger partial charge in [-0.05, 0) is 29.3 Å². The van der Waals surface area contributed by atoms with E-state index in [1.54, 1.807) is 24.3 Å². The van der Waals surface area contributed by atoms with Gasteiger partial charge in [-0.25, -0.2) is 4.79 Å². The van der Waals surface area contributed by atoms with Crippen molar-refractivity contribution < 1.29 is 9.53 Å². The van der Waals surface area contributed by atoms with Crippen molar-refractivity contribution >= 4 is 35.0 Å². The molecule has 0 radical (unpaired) electrons. The molecule has 0 saturated carbocycles. The Hall–Kier alpha value is -2.93. The van der Waals surface area contributed by atoms with Gasteiger partial charge in [-0.3, -0.25) is 5.32 Å². The average molecular weight is 412 g/mol. The highest BCUT2D eigenvalue weighted by Gasteiger charge is 2.01. The van der Waals surface area contributed by atoms with Crippen molar-refractivity contribution in [2.24, 2.45) is 0 Å². The molecular weight excluding hydrogens is 393 g/mol. The van der Waals surface area contributed by atoms with Crippen molar-refractivity contribution in [1.82, 2.24) is 0 Å². The molecule has 3 aromatic rings. The van der Waals surface area contributed by atoms with E-state index < -0.39 is 6.09 Å². The van der Waals surface area contributed by atoms with Crippen LogP contribution >= 0.6 is 23.2 Å². The van der Waals surface area contributed by atoms with Crippen LogP contribution in [0.4, 0.5) is 10.5 Å². The smallest absolute Gasteiger partial charge is 0.412 e. The van der Waals surface area contributed by atoms with Crippen LogP contribution in [0.2, 0.25) is 5.02 Å². The van der Waals surface area contributed by atoms with Gasteiger partial charge in [0.05, 0.1) is 5.88 Å². The Balaban J connectivity index is 0.000000207. The Kier molecular flexibility index (Phi) is 9.51. The van der Waals surface area contributed by atoms with Crippen LogP contribution in [0.5, 0.6) is 0 Å². The standard InChI is InChI=1S/C12H10.C11H9Cl2NO2/c1-3-7-11(8-4-1)12-9-5-2-6-10-12;12-6-1-2-7-16-11(15)14-10-5-3-4-9(13)8-10/h1-10H;3-5,8H,6-7H2,(H,14,15). The normalized spacial score (nSPS) is 9.21. The maximum atomic E-state index is 11.2. The Bertz CT molecular complexity index is 882. The largest absolute Gasteiger partial charge is 0.436 e. The summed E-state index contributed by atoms with van der Waals surface area (Å²) in [6, 6.07) is 27.5. The Labute approximate surface area is 175 Å². The van der Waals surface area contributed by atoms with Gasteiger partial charge in [-0.2, -0.15) is 0 Å². The lowest BCUT2D eigenvalue weighted by Crippen LogP contribution is -2.13. The van der Waals surface area contributed by atoms with E-state index in [0.717, 1.165) is 0 Å². The van der Waals surface area contributed by atoms with Gasteiger partial charge in [0, 0.05) is 10.7 Å². The molecule has 0 aliphatic carbocycles. The van der Waals surface area contributed by atoms with Crippen LogP contribution < -0.4 is 5.32 Å². The number of alkyl halides is 1. The third-order valence-electron chi connectivity index (χ3n) is 3.42. The first kappa shape index (κ1) is 21.4. The molecule has 28 heavy (non-hydrogen) atoms. The summed E-state index contributed by atoms with van der Waals surface area (Å²) < 4.78 is 4.76. The SMILES string of the molecule is O=C(Nc1cccc(Cl)c1)OCC#CCCl.c1ccc(-c2ccccc2)cc1. The van der Waals surface area contributed by atoms with Crippen LogP contribution in [0, 0.1) is 11.8 Å². The quantitative estimate of drug-likeness (QED) is 0.395. The predicted molar refractivity (Wildman–Crippen MR) is 117 cm³/mol. The van der Waals surface area contributed by atoms with Crippen LogP contribution in [0.3, 0.4) is 0 Å². The number of carbonyl (C=O) groups excluding carboxylic acids is 1. The van der Waals surface area contributed by atoms with Gasteiger partial charge in [0.25, 0.3) is 0 Å². The van der Waals surface area contributed by atoms with Crippen molar-refractivity contribution in [3.05, 3.63) is 90.0 Å². The number of rotatable bonds is 3. The summed E-state index contributed by atoms with van der Waals surface area (Å²) in [6.07, 6.45) is -0.578. The third-order valence-corrected chi connectivity index (χ3v) is 3.79. The fourth-order valence-corrected chi connectivity index (χ4v) is 2.47. The number of carbonyl (C=O) groups is 1. The first-order valence-corrected chi connectivity index (χ1v) is 9.42. The van der Waals surface area contributed by atoms with Crippen LogP contribution in [0.25, 0.3) is 11.1 Å². The molecular formula is C23H19Cl2NO2. The highest BCUT2D eigenvalue weighted by molar-refractivity contribution is 6.30. The maximum Gasteiger partial charge on any atom is 0.412 e. The summed E-state index contributed by atoms with van der Waals surface area (Å²) in [7, 11) is 0. The molecule has 1 N–H and O–H groups in total. The highest BCUT2D eigenvalue weighted by atomic mass is 35.5. The molecule has 0 saturated heterocycles. The minimum Gasteiger partial charge on any atom is -0.436 e. The number of amides is 1. The second kappa shape index (κ2) is 12.5. The molecule has 142 valence electrons. The number of ether oxygens (including phenoxy) is 1. The monoisotopic (exact) mass is 411 g/mol. The van der Waals surface area contributed by atoms with E-state index in [4.69, 9.17) is 27.9 Å². The number of halogens is 2. The van der Waals surface area contributed by atoms with Gasteiger partial charge in [0.15, 0.2) is 6.61 Å². The summed E-state index contributed by atoms with van der Waals surface area (Å²) in [6.45, 7) is 0.0130. The second-order valence-electron chi connectivity index (χ2n) is 5.43. The van der Waals surface area contributed by atoms with Gasteiger partial charge in [-0.15, -0.1) is 11.6 Å². The lowest BCUT2D eigenvalue weighted by Gasteiger charge is -2.04. The van der Waals surface area contributed by atoms with Gasteiger partial charge >= 0.3 is 6.09 Å². The molecule has 0 aromatic heterocycles. The summed E-state index contributed by atoms with van der Waals surface area (Å²) in [4.78, 5) is 11.2. The zero-order valence-corrected chi connectivity index (χ0v) is 16.6. The van der Waals surface area contributed by atoms with Gasteiger partial charge in [-0.1, -0.05) is 90.2 Å². The summed E-state index contributed by atoms with van der Waals surface area (Å²) in [5.41, 5.74) is 3.12. The van der Waals surface area contributed by atoms with E-state index >= 15 is 0 Å². The molecule has 0 unspecified atom stereocenters. The van der Waals surface area contributed by atoms with Gasteiger partial charge in [0.1, 0.15) is 0 Å². The molecule has 3 aromatic carbocycles. The van der Waals surface area contributed by atoms with Crippen molar-refractivity contribution in [3.8, 4) is 23.0 Å². The molecule has 0 heterocycles. The Morgan fingerprint density at radius 1 is 0.857 bits per heavy atom. The number of benzene rings is 3. The molecule has 0 aliphatic rings. The van der Waals surface area contributed by atoms with Gasteiger partial charge < -0.3 is 4.74 Å². The zero-order valence-electron chi connectivity index (χ0n) is 15.1. The third kappa shape index (κ3) is 8.18. The van der Waals surface area contributed by atoms with E-state index in [0.29, 0.717) is 10.7 Å². The van der Waals surface area contributed by atoms with E-state index in [9.17, 15) is 4.79 Å². The fraction of sp³-hybridized carbons (Fsp3) is 0.0870. The summed E-state index contributed by atoms with van der Waals surface area (Å²) in [5, 5.41) is 3.05.